The Morgan fingerprint density at radius 3 is 2.57 bits per heavy atom. The van der Waals surface area contributed by atoms with Crippen LogP contribution in [0.25, 0.3) is 10.9 Å². The van der Waals surface area contributed by atoms with Gasteiger partial charge >= 0.3 is 0 Å². The van der Waals surface area contributed by atoms with Crippen molar-refractivity contribution in [2.75, 3.05) is 29.9 Å². The predicted octanol–water partition coefficient (Wildman–Crippen LogP) is 2.75. The molecule has 3 heterocycles. The number of hydrogen-bond donors (Lipinski definition) is 1. The minimum atomic E-state index is -0.463. The molecular formula is C22H22N4O2. The van der Waals surface area contributed by atoms with Crippen LogP contribution in [0.15, 0.2) is 47.3 Å². The number of amides is 1. The van der Waals surface area contributed by atoms with Crippen molar-refractivity contribution in [3.8, 4) is 0 Å². The monoisotopic (exact) mass is 374 g/mol. The Bertz CT molecular complexity index is 1160. The molecule has 0 radical (unpaired) electrons. The topological polar surface area (TPSA) is 69.3 Å². The van der Waals surface area contributed by atoms with E-state index < -0.39 is 5.41 Å². The molecule has 3 aromatic rings. The third kappa shape index (κ3) is 2.24. The maximum absolute atomic E-state index is 13.1. The van der Waals surface area contributed by atoms with E-state index in [1.807, 2.05) is 44.3 Å². The zero-order valence-electron chi connectivity index (χ0n) is 16.0. The van der Waals surface area contributed by atoms with Crippen molar-refractivity contribution in [1.29, 1.82) is 0 Å². The highest BCUT2D eigenvalue weighted by Crippen LogP contribution is 2.47. The van der Waals surface area contributed by atoms with Crippen LogP contribution in [0.4, 0.5) is 11.6 Å². The van der Waals surface area contributed by atoms with Crippen molar-refractivity contribution in [3.05, 3.63) is 63.9 Å². The molecule has 1 fully saturated rings. The lowest BCUT2D eigenvalue weighted by Gasteiger charge is -2.38. The highest BCUT2D eigenvalue weighted by atomic mass is 16.2. The predicted molar refractivity (Wildman–Crippen MR) is 110 cm³/mol. The number of rotatable bonds is 1. The standard InChI is InChI=1S/C22H22N4O2/c1-14-6-5-7-15-18(14)23-21(24-19(15)27)26-12-10-22(11-13-26)16-8-3-4-9-17(16)25(2)20(22)28/h3-9H,10-13H2,1-2H3,(H,23,24,27). The lowest BCUT2D eigenvalue weighted by Crippen LogP contribution is -2.48. The number of nitrogens with zero attached hydrogens (tertiary/aromatic N) is 3. The molecule has 0 bridgehead atoms. The summed E-state index contributed by atoms with van der Waals surface area (Å²) in [7, 11) is 1.85. The number of carbonyl (C=O) groups excluding carboxylic acids is 1. The van der Waals surface area contributed by atoms with Crippen LogP contribution in [0.2, 0.25) is 0 Å². The minimum absolute atomic E-state index is 0.119. The molecular weight excluding hydrogens is 352 g/mol. The maximum Gasteiger partial charge on any atom is 0.260 e. The van der Waals surface area contributed by atoms with Gasteiger partial charge in [-0.2, -0.15) is 0 Å². The first-order chi connectivity index (χ1) is 13.5. The van der Waals surface area contributed by atoms with Crippen LogP contribution in [0.5, 0.6) is 0 Å². The normalized spacial score (nSPS) is 18.1. The zero-order valence-corrected chi connectivity index (χ0v) is 16.0. The maximum atomic E-state index is 13.1. The van der Waals surface area contributed by atoms with E-state index in [1.54, 1.807) is 11.0 Å². The lowest BCUT2D eigenvalue weighted by atomic mass is 9.73. The van der Waals surface area contributed by atoms with Gasteiger partial charge in [-0.3, -0.25) is 14.6 Å². The number of anilines is 2. The summed E-state index contributed by atoms with van der Waals surface area (Å²) in [5, 5.41) is 0.610. The van der Waals surface area contributed by atoms with Crippen LogP contribution >= 0.6 is 0 Å². The van der Waals surface area contributed by atoms with Crippen molar-refractivity contribution in [2.45, 2.75) is 25.2 Å². The molecule has 6 nitrogen and oxygen atoms in total. The van der Waals surface area contributed by atoms with E-state index in [1.165, 1.54) is 0 Å². The number of nitrogens with one attached hydrogen (secondary N) is 1. The molecule has 0 unspecified atom stereocenters. The second-order valence-electron chi connectivity index (χ2n) is 7.81. The van der Waals surface area contributed by atoms with Gasteiger partial charge in [-0.1, -0.05) is 30.3 Å². The quantitative estimate of drug-likeness (QED) is 0.711. The Balaban J connectivity index is 1.49. The van der Waals surface area contributed by atoms with Crippen LogP contribution in [0.1, 0.15) is 24.0 Å². The van der Waals surface area contributed by atoms with Crippen molar-refractivity contribution < 1.29 is 4.79 Å². The molecule has 2 aliphatic rings. The van der Waals surface area contributed by atoms with Gasteiger partial charge in [0.05, 0.1) is 16.3 Å². The first-order valence-corrected chi connectivity index (χ1v) is 9.63. The lowest BCUT2D eigenvalue weighted by molar-refractivity contribution is -0.123. The summed E-state index contributed by atoms with van der Waals surface area (Å²) in [6.45, 7) is 3.32. The number of piperidine rings is 1. The van der Waals surface area contributed by atoms with E-state index in [4.69, 9.17) is 4.98 Å². The first kappa shape index (κ1) is 17.0. The molecule has 1 saturated heterocycles. The number of para-hydroxylation sites is 2. The van der Waals surface area contributed by atoms with Crippen molar-refractivity contribution in [1.82, 2.24) is 9.97 Å². The fourth-order valence-corrected chi connectivity index (χ4v) is 4.74. The molecule has 1 aromatic heterocycles. The summed E-state index contributed by atoms with van der Waals surface area (Å²) in [5.74, 6) is 0.762. The minimum Gasteiger partial charge on any atom is -0.342 e. The van der Waals surface area contributed by atoms with Crippen molar-refractivity contribution in [3.63, 3.8) is 0 Å². The molecule has 1 N–H and O–H groups in total. The zero-order chi connectivity index (χ0) is 19.5. The number of likely N-dealkylation sites (N-methyl/N-ethyl adjacent to an activating group) is 1. The Morgan fingerprint density at radius 1 is 1.04 bits per heavy atom. The van der Waals surface area contributed by atoms with Gasteiger partial charge in [-0.25, -0.2) is 4.98 Å². The summed E-state index contributed by atoms with van der Waals surface area (Å²) in [5.41, 5.74) is 3.27. The number of carbonyl (C=O) groups is 1. The molecule has 2 aromatic carbocycles. The molecule has 1 amide bonds. The summed E-state index contributed by atoms with van der Waals surface area (Å²) in [6, 6.07) is 13.7. The highest BCUT2D eigenvalue weighted by Gasteiger charge is 2.50. The van der Waals surface area contributed by atoms with Gasteiger partial charge in [0.25, 0.3) is 5.56 Å². The second-order valence-corrected chi connectivity index (χ2v) is 7.81. The molecule has 1 spiro atoms. The van der Waals surface area contributed by atoms with E-state index in [0.717, 1.165) is 22.3 Å². The van der Waals surface area contributed by atoms with Gasteiger partial charge in [-0.15, -0.1) is 0 Å². The third-order valence-electron chi connectivity index (χ3n) is 6.34. The second kappa shape index (κ2) is 5.92. The highest BCUT2D eigenvalue weighted by molar-refractivity contribution is 6.07. The van der Waals surface area contributed by atoms with E-state index in [9.17, 15) is 9.59 Å². The van der Waals surface area contributed by atoms with Gasteiger partial charge in [0.15, 0.2) is 0 Å². The molecule has 0 aliphatic carbocycles. The van der Waals surface area contributed by atoms with E-state index >= 15 is 0 Å². The fourth-order valence-electron chi connectivity index (χ4n) is 4.74. The van der Waals surface area contributed by atoms with Crippen molar-refractivity contribution >= 4 is 28.4 Å². The smallest absolute Gasteiger partial charge is 0.260 e. The number of aromatic nitrogens is 2. The van der Waals surface area contributed by atoms with Crippen molar-refractivity contribution in [2.24, 2.45) is 0 Å². The number of aromatic amines is 1. The summed E-state index contributed by atoms with van der Waals surface area (Å²) < 4.78 is 0. The van der Waals surface area contributed by atoms with Crippen LogP contribution in [-0.2, 0) is 10.2 Å². The van der Waals surface area contributed by atoms with E-state index in [0.29, 0.717) is 37.3 Å². The summed E-state index contributed by atoms with van der Waals surface area (Å²) >= 11 is 0. The van der Waals surface area contributed by atoms with Crippen LogP contribution in [-0.4, -0.2) is 36.0 Å². The Kier molecular flexibility index (Phi) is 3.59. The third-order valence-corrected chi connectivity index (χ3v) is 6.34. The van der Waals surface area contributed by atoms with Crippen LogP contribution in [0, 0.1) is 6.92 Å². The van der Waals surface area contributed by atoms with Gasteiger partial charge in [-0.05, 0) is 43.0 Å². The number of H-pyrrole nitrogens is 1. The van der Waals surface area contributed by atoms with Crippen LogP contribution in [0.3, 0.4) is 0 Å². The molecule has 0 atom stereocenters. The largest absolute Gasteiger partial charge is 0.342 e. The van der Waals surface area contributed by atoms with Gasteiger partial charge in [0, 0.05) is 25.8 Å². The molecule has 28 heavy (non-hydrogen) atoms. The summed E-state index contributed by atoms with van der Waals surface area (Å²) in [6.07, 6.45) is 1.42. The van der Waals surface area contributed by atoms with Gasteiger partial charge in [0.2, 0.25) is 11.9 Å². The number of hydrogen-bond acceptors (Lipinski definition) is 4. The van der Waals surface area contributed by atoms with Gasteiger partial charge in [0.1, 0.15) is 0 Å². The van der Waals surface area contributed by atoms with Gasteiger partial charge < -0.3 is 9.80 Å². The molecule has 5 rings (SSSR count). The molecule has 2 aliphatic heterocycles. The summed E-state index contributed by atoms with van der Waals surface area (Å²) in [4.78, 5) is 37.1. The molecule has 0 saturated carbocycles. The van der Waals surface area contributed by atoms with Crippen LogP contribution < -0.4 is 15.4 Å². The Morgan fingerprint density at radius 2 is 1.79 bits per heavy atom. The SMILES string of the molecule is Cc1cccc2c(=O)[nH]c(N3CCC4(CC3)C(=O)N(C)c3ccccc34)nc12. The number of benzene rings is 2. The average Bonchev–Trinajstić information content (AvgIpc) is 2.92. The number of aryl methyl sites for hydroxylation is 1. The van der Waals surface area contributed by atoms with E-state index in [-0.39, 0.29) is 11.5 Å². The fraction of sp³-hybridized carbons (Fsp3) is 0.318. The van der Waals surface area contributed by atoms with E-state index in [2.05, 4.69) is 16.0 Å². The Hall–Kier alpha value is -3.15. The first-order valence-electron chi connectivity index (χ1n) is 9.63. The Labute approximate surface area is 162 Å². The molecule has 6 heteroatoms. The average molecular weight is 374 g/mol. The number of fused-ring (bicyclic) bond motifs is 3. The molecule has 142 valence electrons.